The van der Waals surface area contributed by atoms with Crippen LogP contribution >= 0.6 is 11.6 Å². The quantitative estimate of drug-likeness (QED) is 0.852. The third-order valence-electron chi connectivity index (χ3n) is 2.23. The lowest BCUT2D eigenvalue weighted by Gasteiger charge is -2.05. The van der Waals surface area contributed by atoms with Gasteiger partial charge in [-0.25, -0.2) is 9.67 Å². The van der Waals surface area contributed by atoms with Crippen molar-refractivity contribution in [3.05, 3.63) is 23.0 Å². The molecule has 4 nitrogen and oxygen atoms in total. The van der Waals surface area contributed by atoms with Gasteiger partial charge in [0.05, 0.1) is 12.0 Å². The maximum atomic E-state index is 8.99. The maximum absolute atomic E-state index is 8.99. The number of rotatable bonds is 2. The standard InChI is InChI=1S/C10H12ClN3O/c1-6(2)14-10-8(9(11)13-14)3-7(5-15)4-12-10/h3-4,6,15H,5H2,1-2H3. The minimum absolute atomic E-state index is 0.0356. The zero-order valence-electron chi connectivity index (χ0n) is 8.61. The monoisotopic (exact) mass is 225 g/mol. The van der Waals surface area contributed by atoms with E-state index < -0.39 is 0 Å². The number of aliphatic hydroxyl groups is 1. The summed E-state index contributed by atoms with van der Waals surface area (Å²) in [6.07, 6.45) is 1.64. The third kappa shape index (κ3) is 1.70. The Hall–Kier alpha value is -1.13. The van der Waals surface area contributed by atoms with E-state index in [1.807, 2.05) is 19.9 Å². The first-order chi connectivity index (χ1) is 7.13. The number of aromatic nitrogens is 3. The van der Waals surface area contributed by atoms with Crippen LogP contribution in [0, 0.1) is 0 Å². The van der Waals surface area contributed by atoms with Crippen molar-refractivity contribution >= 4 is 22.6 Å². The lowest BCUT2D eigenvalue weighted by Crippen LogP contribution is -2.03. The number of halogens is 1. The Morgan fingerprint density at radius 1 is 1.53 bits per heavy atom. The molecule has 2 aromatic rings. The summed E-state index contributed by atoms with van der Waals surface area (Å²) in [5.74, 6) is 0. The first kappa shape index (κ1) is 10.4. The van der Waals surface area contributed by atoms with Gasteiger partial charge in [-0.05, 0) is 25.5 Å². The molecule has 0 saturated carbocycles. The van der Waals surface area contributed by atoms with Gasteiger partial charge in [0.15, 0.2) is 10.8 Å². The predicted octanol–water partition coefficient (Wildman–Crippen LogP) is 2.16. The van der Waals surface area contributed by atoms with Crippen molar-refractivity contribution < 1.29 is 5.11 Å². The lowest BCUT2D eigenvalue weighted by atomic mass is 10.2. The molecule has 2 rings (SSSR count). The fourth-order valence-electron chi connectivity index (χ4n) is 1.48. The summed E-state index contributed by atoms with van der Waals surface area (Å²) in [6.45, 7) is 4.00. The molecule has 0 fully saturated rings. The molecule has 2 heterocycles. The van der Waals surface area contributed by atoms with Gasteiger partial charge in [0.25, 0.3) is 0 Å². The van der Waals surface area contributed by atoms with Crippen molar-refractivity contribution in [3.63, 3.8) is 0 Å². The highest BCUT2D eigenvalue weighted by Crippen LogP contribution is 2.24. The van der Waals surface area contributed by atoms with E-state index in [1.54, 1.807) is 10.9 Å². The van der Waals surface area contributed by atoms with E-state index in [9.17, 15) is 0 Å². The Balaban J connectivity index is 2.69. The molecule has 0 unspecified atom stereocenters. The van der Waals surface area contributed by atoms with E-state index in [0.29, 0.717) is 5.15 Å². The van der Waals surface area contributed by atoms with Gasteiger partial charge in [-0.2, -0.15) is 5.10 Å². The molecule has 0 spiro atoms. The molecule has 0 radical (unpaired) electrons. The van der Waals surface area contributed by atoms with Crippen molar-refractivity contribution in [1.29, 1.82) is 0 Å². The zero-order chi connectivity index (χ0) is 11.0. The highest BCUT2D eigenvalue weighted by Gasteiger charge is 2.12. The highest BCUT2D eigenvalue weighted by molar-refractivity contribution is 6.34. The van der Waals surface area contributed by atoms with Crippen LogP contribution < -0.4 is 0 Å². The van der Waals surface area contributed by atoms with Crippen LogP contribution in [0.15, 0.2) is 12.3 Å². The Labute approximate surface area is 92.5 Å². The molecule has 0 saturated heterocycles. The van der Waals surface area contributed by atoms with Crippen molar-refractivity contribution in [3.8, 4) is 0 Å². The number of aliphatic hydroxyl groups excluding tert-OH is 1. The molecule has 0 bridgehead atoms. The second kappa shape index (κ2) is 3.79. The Morgan fingerprint density at radius 3 is 2.87 bits per heavy atom. The maximum Gasteiger partial charge on any atom is 0.160 e. The van der Waals surface area contributed by atoms with Crippen LogP contribution in [0.25, 0.3) is 11.0 Å². The molecule has 2 aromatic heterocycles. The summed E-state index contributed by atoms with van der Waals surface area (Å²) in [4.78, 5) is 4.25. The van der Waals surface area contributed by atoms with E-state index in [1.165, 1.54) is 0 Å². The highest BCUT2D eigenvalue weighted by atomic mass is 35.5. The van der Waals surface area contributed by atoms with Crippen LogP contribution in [0.4, 0.5) is 0 Å². The first-order valence-corrected chi connectivity index (χ1v) is 5.14. The molecule has 0 amide bonds. The fourth-order valence-corrected chi connectivity index (χ4v) is 1.70. The Bertz CT molecular complexity index is 493. The largest absolute Gasteiger partial charge is 0.392 e. The Morgan fingerprint density at radius 2 is 2.27 bits per heavy atom. The molecular weight excluding hydrogens is 214 g/mol. The summed E-state index contributed by atoms with van der Waals surface area (Å²) >= 11 is 6.00. The van der Waals surface area contributed by atoms with Crippen molar-refractivity contribution in [2.45, 2.75) is 26.5 Å². The van der Waals surface area contributed by atoms with Crippen LogP contribution in [0.3, 0.4) is 0 Å². The second-order valence-electron chi connectivity index (χ2n) is 3.70. The molecular formula is C10H12ClN3O. The lowest BCUT2D eigenvalue weighted by molar-refractivity contribution is 0.281. The van der Waals surface area contributed by atoms with Crippen LogP contribution in [0.5, 0.6) is 0 Å². The summed E-state index contributed by atoms with van der Waals surface area (Å²) in [5, 5.41) is 14.4. The van der Waals surface area contributed by atoms with Gasteiger partial charge in [-0.3, -0.25) is 0 Å². The van der Waals surface area contributed by atoms with E-state index in [0.717, 1.165) is 16.6 Å². The fraction of sp³-hybridized carbons (Fsp3) is 0.400. The third-order valence-corrected chi connectivity index (χ3v) is 2.51. The molecule has 1 N–H and O–H groups in total. The predicted molar refractivity (Wildman–Crippen MR) is 58.8 cm³/mol. The van der Waals surface area contributed by atoms with Crippen LogP contribution in [-0.4, -0.2) is 19.9 Å². The summed E-state index contributed by atoms with van der Waals surface area (Å²) < 4.78 is 1.78. The van der Waals surface area contributed by atoms with Crippen LogP contribution in [-0.2, 0) is 6.61 Å². The molecule has 80 valence electrons. The van der Waals surface area contributed by atoms with Gasteiger partial charge in [0.1, 0.15) is 0 Å². The average molecular weight is 226 g/mol. The van der Waals surface area contributed by atoms with Gasteiger partial charge in [0, 0.05) is 12.2 Å². The van der Waals surface area contributed by atoms with Crippen molar-refractivity contribution in [1.82, 2.24) is 14.8 Å². The minimum atomic E-state index is -0.0356. The first-order valence-electron chi connectivity index (χ1n) is 4.77. The molecule has 0 aromatic carbocycles. The average Bonchev–Trinajstić information content (AvgIpc) is 2.56. The summed E-state index contributed by atoms with van der Waals surface area (Å²) in [7, 11) is 0. The van der Waals surface area contributed by atoms with E-state index in [-0.39, 0.29) is 12.6 Å². The van der Waals surface area contributed by atoms with Gasteiger partial charge in [0.2, 0.25) is 0 Å². The number of nitrogens with zero attached hydrogens (tertiary/aromatic N) is 3. The van der Waals surface area contributed by atoms with Gasteiger partial charge in [-0.1, -0.05) is 11.6 Å². The molecule has 0 atom stereocenters. The van der Waals surface area contributed by atoms with Gasteiger partial charge >= 0.3 is 0 Å². The molecule has 5 heteroatoms. The SMILES string of the molecule is CC(C)n1nc(Cl)c2cc(CO)cnc21. The van der Waals surface area contributed by atoms with Crippen LogP contribution in [0.1, 0.15) is 25.5 Å². The van der Waals surface area contributed by atoms with Crippen molar-refractivity contribution in [2.75, 3.05) is 0 Å². The topological polar surface area (TPSA) is 50.9 Å². The molecule has 0 aliphatic rings. The van der Waals surface area contributed by atoms with E-state index >= 15 is 0 Å². The number of hydrogen-bond acceptors (Lipinski definition) is 3. The summed E-state index contributed by atoms with van der Waals surface area (Å²) in [5.41, 5.74) is 1.50. The molecule has 0 aliphatic carbocycles. The van der Waals surface area contributed by atoms with Gasteiger partial charge < -0.3 is 5.11 Å². The van der Waals surface area contributed by atoms with E-state index in [2.05, 4.69) is 10.1 Å². The molecule has 0 aliphatic heterocycles. The van der Waals surface area contributed by atoms with Crippen molar-refractivity contribution in [2.24, 2.45) is 0 Å². The molecule has 15 heavy (non-hydrogen) atoms. The second-order valence-corrected chi connectivity index (χ2v) is 4.06. The minimum Gasteiger partial charge on any atom is -0.392 e. The Kier molecular flexibility index (Phi) is 2.63. The summed E-state index contributed by atoms with van der Waals surface area (Å²) in [6, 6.07) is 2.03. The van der Waals surface area contributed by atoms with E-state index in [4.69, 9.17) is 16.7 Å². The smallest absolute Gasteiger partial charge is 0.160 e. The van der Waals surface area contributed by atoms with Crippen LogP contribution in [0.2, 0.25) is 5.15 Å². The number of hydrogen-bond donors (Lipinski definition) is 1. The normalized spacial score (nSPS) is 11.5. The van der Waals surface area contributed by atoms with Gasteiger partial charge in [-0.15, -0.1) is 0 Å². The zero-order valence-corrected chi connectivity index (χ0v) is 9.36. The number of fused-ring (bicyclic) bond motifs is 1. The number of pyridine rings is 1.